The first-order chi connectivity index (χ1) is 9.15. The number of phenols is 1. The molecule has 0 bridgehead atoms. The molecule has 4 heteroatoms. The Balaban J connectivity index is 0.000000141. The predicted molar refractivity (Wildman–Crippen MR) is 72.5 cm³/mol. The normalized spacial score (nSPS) is 23.7. The number of hydrogen-bond donors (Lipinski definition) is 1. The number of ether oxygens (including phenoxy) is 3. The van der Waals surface area contributed by atoms with Crippen LogP contribution in [0.4, 0.5) is 0 Å². The van der Waals surface area contributed by atoms with Gasteiger partial charge >= 0.3 is 0 Å². The first kappa shape index (κ1) is 14.3. The van der Waals surface area contributed by atoms with E-state index >= 15 is 0 Å². The van der Waals surface area contributed by atoms with Gasteiger partial charge in [-0.15, -0.1) is 0 Å². The fourth-order valence-corrected chi connectivity index (χ4v) is 1.52. The molecule has 1 aromatic carbocycles. The third-order valence-corrected chi connectivity index (χ3v) is 2.97. The van der Waals surface area contributed by atoms with Gasteiger partial charge < -0.3 is 19.3 Å². The standard InChI is InChI=1S/C9H12O.C6H10O3/c1-7(2)8-3-5-9(10)6-4-8;1(5-3-8-5)7-2-6-4-9-6/h3-7,10H,1-2H3;5-6H,1-4H2. The lowest BCUT2D eigenvalue weighted by molar-refractivity contribution is 0.102. The molecule has 2 fully saturated rings. The van der Waals surface area contributed by atoms with Gasteiger partial charge in [-0.25, -0.2) is 0 Å². The first-order valence-electron chi connectivity index (χ1n) is 6.75. The van der Waals surface area contributed by atoms with E-state index in [0.29, 0.717) is 23.9 Å². The minimum Gasteiger partial charge on any atom is -0.508 e. The van der Waals surface area contributed by atoms with Gasteiger partial charge in [-0.1, -0.05) is 26.0 Å². The van der Waals surface area contributed by atoms with E-state index in [0.717, 1.165) is 26.4 Å². The fourth-order valence-electron chi connectivity index (χ4n) is 1.52. The summed E-state index contributed by atoms with van der Waals surface area (Å²) in [4.78, 5) is 0. The van der Waals surface area contributed by atoms with Crippen LogP contribution in [0.5, 0.6) is 5.75 Å². The maximum absolute atomic E-state index is 8.94. The summed E-state index contributed by atoms with van der Waals surface area (Å²) in [5.41, 5.74) is 1.26. The molecule has 2 atom stereocenters. The molecule has 0 aromatic heterocycles. The Bertz CT molecular complexity index is 354. The minimum absolute atomic E-state index is 0.337. The summed E-state index contributed by atoms with van der Waals surface area (Å²) < 4.78 is 15.1. The van der Waals surface area contributed by atoms with Crippen molar-refractivity contribution in [1.82, 2.24) is 0 Å². The van der Waals surface area contributed by atoms with Crippen molar-refractivity contribution in [2.24, 2.45) is 0 Å². The highest BCUT2D eigenvalue weighted by Gasteiger charge is 2.26. The third-order valence-electron chi connectivity index (χ3n) is 2.97. The maximum Gasteiger partial charge on any atom is 0.115 e. The van der Waals surface area contributed by atoms with E-state index in [1.165, 1.54) is 5.56 Å². The highest BCUT2D eigenvalue weighted by molar-refractivity contribution is 5.27. The molecule has 19 heavy (non-hydrogen) atoms. The second-order valence-electron chi connectivity index (χ2n) is 5.19. The molecule has 0 amide bonds. The highest BCUT2D eigenvalue weighted by atomic mass is 16.6. The van der Waals surface area contributed by atoms with Crippen molar-refractivity contribution in [3.05, 3.63) is 29.8 Å². The van der Waals surface area contributed by atoms with E-state index in [1.54, 1.807) is 12.1 Å². The monoisotopic (exact) mass is 266 g/mol. The molecule has 0 radical (unpaired) electrons. The summed E-state index contributed by atoms with van der Waals surface area (Å²) in [6, 6.07) is 7.32. The van der Waals surface area contributed by atoms with Crippen LogP contribution >= 0.6 is 0 Å². The van der Waals surface area contributed by atoms with Crippen LogP contribution in [0.2, 0.25) is 0 Å². The van der Waals surface area contributed by atoms with Crippen LogP contribution in [0.15, 0.2) is 24.3 Å². The van der Waals surface area contributed by atoms with E-state index < -0.39 is 0 Å². The Morgan fingerprint density at radius 3 is 1.95 bits per heavy atom. The number of epoxide rings is 2. The number of rotatable bonds is 5. The van der Waals surface area contributed by atoms with E-state index in [2.05, 4.69) is 13.8 Å². The summed E-state index contributed by atoms with van der Waals surface area (Å²) >= 11 is 0. The molecule has 2 unspecified atom stereocenters. The Morgan fingerprint density at radius 1 is 1.11 bits per heavy atom. The van der Waals surface area contributed by atoms with Gasteiger partial charge in [0.2, 0.25) is 0 Å². The number of aromatic hydroxyl groups is 1. The van der Waals surface area contributed by atoms with Gasteiger partial charge in [0.15, 0.2) is 0 Å². The van der Waals surface area contributed by atoms with Crippen molar-refractivity contribution in [2.45, 2.75) is 32.0 Å². The smallest absolute Gasteiger partial charge is 0.115 e. The average Bonchev–Trinajstić information content (AvgIpc) is 3.25. The summed E-state index contributed by atoms with van der Waals surface area (Å²) in [7, 11) is 0. The van der Waals surface area contributed by atoms with Crippen molar-refractivity contribution >= 4 is 0 Å². The van der Waals surface area contributed by atoms with Gasteiger partial charge in [0.05, 0.1) is 26.4 Å². The molecule has 2 aliphatic heterocycles. The quantitative estimate of drug-likeness (QED) is 0.831. The molecule has 2 heterocycles. The number of benzene rings is 1. The maximum atomic E-state index is 8.94. The lowest BCUT2D eigenvalue weighted by Crippen LogP contribution is -2.06. The van der Waals surface area contributed by atoms with Gasteiger partial charge in [0.1, 0.15) is 18.0 Å². The molecule has 2 aliphatic rings. The molecule has 0 aliphatic carbocycles. The molecule has 0 saturated carbocycles. The van der Waals surface area contributed by atoms with Crippen molar-refractivity contribution < 1.29 is 19.3 Å². The van der Waals surface area contributed by atoms with Gasteiger partial charge in [0, 0.05) is 0 Å². The molecule has 3 rings (SSSR count). The minimum atomic E-state index is 0.337. The summed E-state index contributed by atoms with van der Waals surface area (Å²) in [6.07, 6.45) is 0.785. The number of hydrogen-bond acceptors (Lipinski definition) is 4. The molecular weight excluding hydrogens is 244 g/mol. The first-order valence-corrected chi connectivity index (χ1v) is 6.75. The third kappa shape index (κ3) is 6.05. The van der Waals surface area contributed by atoms with E-state index in [4.69, 9.17) is 19.3 Å². The van der Waals surface area contributed by atoms with Crippen molar-refractivity contribution in [3.8, 4) is 5.75 Å². The van der Waals surface area contributed by atoms with Crippen molar-refractivity contribution in [1.29, 1.82) is 0 Å². The molecule has 1 N–H and O–H groups in total. The SMILES string of the molecule is C(OCC1CO1)C1CO1.CC(C)c1ccc(O)cc1. The second kappa shape index (κ2) is 6.89. The fraction of sp³-hybridized carbons (Fsp3) is 0.600. The number of phenolic OH excluding ortho intramolecular Hbond substituents is 1. The van der Waals surface area contributed by atoms with Gasteiger partial charge in [-0.3, -0.25) is 0 Å². The highest BCUT2D eigenvalue weighted by Crippen LogP contribution is 2.17. The largest absolute Gasteiger partial charge is 0.508 e. The van der Waals surface area contributed by atoms with Crippen LogP contribution in [-0.2, 0) is 14.2 Å². The van der Waals surface area contributed by atoms with E-state index in [1.807, 2.05) is 12.1 Å². The molecule has 4 nitrogen and oxygen atoms in total. The van der Waals surface area contributed by atoms with Crippen LogP contribution in [0.25, 0.3) is 0 Å². The summed E-state index contributed by atoms with van der Waals surface area (Å²) in [6.45, 7) is 7.52. The molecule has 1 aromatic rings. The van der Waals surface area contributed by atoms with Crippen LogP contribution in [0, 0.1) is 0 Å². The van der Waals surface area contributed by atoms with Crippen LogP contribution in [0.1, 0.15) is 25.3 Å². The molecule has 106 valence electrons. The Labute approximate surface area is 114 Å². The predicted octanol–water partition coefficient (Wildman–Crippen LogP) is 2.32. The van der Waals surface area contributed by atoms with E-state index in [-0.39, 0.29) is 0 Å². The lowest BCUT2D eigenvalue weighted by Gasteiger charge is -2.03. The van der Waals surface area contributed by atoms with Crippen LogP contribution < -0.4 is 0 Å². The average molecular weight is 266 g/mol. The zero-order chi connectivity index (χ0) is 13.7. The Hall–Kier alpha value is -1.10. The molecular formula is C15H22O4. The molecule has 0 spiro atoms. The van der Waals surface area contributed by atoms with Gasteiger partial charge in [-0.05, 0) is 23.6 Å². The van der Waals surface area contributed by atoms with Crippen molar-refractivity contribution in [2.75, 3.05) is 26.4 Å². The topological polar surface area (TPSA) is 54.5 Å². The van der Waals surface area contributed by atoms with Crippen LogP contribution in [0.3, 0.4) is 0 Å². The van der Waals surface area contributed by atoms with Gasteiger partial charge in [0.25, 0.3) is 0 Å². The Kier molecular flexibility index (Phi) is 5.19. The summed E-state index contributed by atoms with van der Waals surface area (Å²) in [5.74, 6) is 0.880. The molecule has 2 saturated heterocycles. The van der Waals surface area contributed by atoms with Gasteiger partial charge in [-0.2, -0.15) is 0 Å². The zero-order valence-corrected chi connectivity index (χ0v) is 11.5. The second-order valence-corrected chi connectivity index (χ2v) is 5.19. The van der Waals surface area contributed by atoms with Crippen LogP contribution in [-0.4, -0.2) is 43.7 Å². The lowest BCUT2D eigenvalue weighted by atomic mass is 10.0. The Morgan fingerprint density at radius 2 is 1.58 bits per heavy atom. The zero-order valence-electron chi connectivity index (χ0n) is 11.5. The van der Waals surface area contributed by atoms with Crippen molar-refractivity contribution in [3.63, 3.8) is 0 Å². The summed E-state index contributed by atoms with van der Waals surface area (Å²) in [5, 5.41) is 8.94. The van der Waals surface area contributed by atoms with E-state index in [9.17, 15) is 0 Å².